The first-order valence-electron chi connectivity index (χ1n) is 7.50. The standard InChI is InChI=1S/C15H21NO2S2/c1-2-18-15(17)13-14-16(8-9-19-13)10-12(20-14)11-6-4-3-5-7-11/h10-11H,2-9H2,1H3. The van der Waals surface area contributed by atoms with Crippen molar-refractivity contribution in [3.05, 3.63) is 21.0 Å². The summed E-state index contributed by atoms with van der Waals surface area (Å²) in [5.74, 6) is 1.52. The number of thioether (sulfide) groups is 2. The summed E-state index contributed by atoms with van der Waals surface area (Å²) in [6.45, 7) is 3.32. The molecule has 2 heterocycles. The van der Waals surface area contributed by atoms with Crippen LogP contribution >= 0.6 is 23.5 Å². The van der Waals surface area contributed by atoms with Crippen molar-refractivity contribution in [1.29, 1.82) is 0 Å². The van der Waals surface area contributed by atoms with Gasteiger partial charge in [0.25, 0.3) is 0 Å². The number of allylic oxidation sites excluding steroid dienone is 1. The number of fused-ring (bicyclic) bond motifs is 1. The first-order valence-corrected chi connectivity index (χ1v) is 9.30. The van der Waals surface area contributed by atoms with Crippen molar-refractivity contribution in [2.45, 2.75) is 39.0 Å². The SMILES string of the molecule is CCOC(=O)C1=C2SC(C3CCCCC3)=CN2CCS1. The Bertz CT molecular complexity index is 453. The summed E-state index contributed by atoms with van der Waals surface area (Å²) in [6.07, 6.45) is 8.98. The maximum atomic E-state index is 12.1. The molecule has 0 N–H and O–H groups in total. The van der Waals surface area contributed by atoms with Crippen LogP contribution in [0.4, 0.5) is 0 Å². The molecule has 0 amide bonds. The topological polar surface area (TPSA) is 29.5 Å². The molecule has 2 aliphatic heterocycles. The molecule has 0 unspecified atom stereocenters. The summed E-state index contributed by atoms with van der Waals surface area (Å²) < 4.78 is 5.19. The highest BCUT2D eigenvalue weighted by atomic mass is 32.2. The summed E-state index contributed by atoms with van der Waals surface area (Å²) >= 11 is 3.45. The molecule has 110 valence electrons. The fourth-order valence-corrected chi connectivity index (χ4v) is 5.43. The van der Waals surface area contributed by atoms with E-state index in [1.54, 1.807) is 11.8 Å². The molecular formula is C15H21NO2S2. The summed E-state index contributed by atoms with van der Waals surface area (Å²) in [5, 5.41) is 1.11. The van der Waals surface area contributed by atoms with Crippen molar-refractivity contribution in [2.24, 2.45) is 5.92 Å². The highest BCUT2D eigenvalue weighted by Gasteiger charge is 2.33. The van der Waals surface area contributed by atoms with Gasteiger partial charge in [-0.25, -0.2) is 4.79 Å². The van der Waals surface area contributed by atoms with Gasteiger partial charge in [0.15, 0.2) is 0 Å². The number of nitrogens with zero attached hydrogens (tertiary/aromatic N) is 1. The third-order valence-corrected chi connectivity index (χ3v) is 6.47. The Balaban J connectivity index is 1.77. The zero-order chi connectivity index (χ0) is 13.9. The maximum absolute atomic E-state index is 12.1. The van der Waals surface area contributed by atoms with E-state index in [0.717, 1.165) is 22.2 Å². The number of carbonyl (C=O) groups excluding carboxylic acids is 1. The van der Waals surface area contributed by atoms with Crippen LogP contribution in [0.5, 0.6) is 0 Å². The Kier molecular flexibility index (Phi) is 4.66. The molecule has 0 radical (unpaired) electrons. The molecule has 0 atom stereocenters. The van der Waals surface area contributed by atoms with Gasteiger partial charge >= 0.3 is 5.97 Å². The molecule has 1 fully saturated rings. The third-order valence-electron chi connectivity index (χ3n) is 4.00. The summed E-state index contributed by atoms with van der Waals surface area (Å²) in [4.78, 5) is 16.6. The summed E-state index contributed by atoms with van der Waals surface area (Å²) in [6, 6.07) is 0. The van der Waals surface area contributed by atoms with E-state index < -0.39 is 0 Å². The van der Waals surface area contributed by atoms with E-state index in [2.05, 4.69) is 11.1 Å². The number of esters is 1. The van der Waals surface area contributed by atoms with Crippen LogP contribution in [0, 0.1) is 5.92 Å². The minimum absolute atomic E-state index is 0.150. The van der Waals surface area contributed by atoms with E-state index in [0.29, 0.717) is 12.5 Å². The molecule has 0 aromatic carbocycles. The van der Waals surface area contributed by atoms with Crippen LogP contribution in [0.2, 0.25) is 0 Å². The van der Waals surface area contributed by atoms with Crippen molar-refractivity contribution in [3.8, 4) is 0 Å². The van der Waals surface area contributed by atoms with Gasteiger partial charge in [-0.1, -0.05) is 31.0 Å². The van der Waals surface area contributed by atoms with E-state index in [4.69, 9.17) is 4.74 Å². The Hall–Kier alpha value is -0.550. The van der Waals surface area contributed by atoms with E-state index in [9.17, 15) is 4.79 Å². The predicted molar refractivity (Wildman–Crippen MR) is 85.1 cm³/mol. The summed E-state index contributed by atoms with van der Waals surface area (Å²) in [7, 11) is 0. The highest BCUT2D eigenvalue weighted by molar-refractivity contribution is 8.09. The van der Waals surface area contributed by atoms with Gasteiger partial charge in [0.1, 0.15) is 9.93 Å². The molecule has 3 nitrogen and oxygen atoms in total. The number of hydrogen-bond acceptors (Lipinski definition) is 5. The lowest BCUT2D eigenvalue weighted by Crippen LogP contribution is -2.23. The van der Waals surface area contributed by atoms with Gasteiger partial charge in [-0.15, -0.1) is 11.8 Å². The van der Waals surface area contributed by atoms with Crippen molar-refractivity contribution < 1.29 is 9.53 Å². The molecule has 3 aliphatic rings. The monoisotopic (exact) mass is 311 g/mol. The molecule has 0 spiro atoms. The van der Waals surface area contributed by atoms with Crippen LogP contribution in [0.3, 0.4) is 0 Å². The quantitative estimate of drug-likeness (QED) is 0.737. The fourth-order valence-electron chi connectivity index (χ4n) is 2.98. The van der Waals surface area contributed by atoms with Crippen LogP contribution < -0.4 is 0 Å². The van der Waals surface area contributed by atoms with E-state index in [1.807, 2.05) is 18.7 Å². The van der Waals surface area contributed by atoms with Crippen molar-refractivity contribution in [1.82, 2.24) is 4.90 Å². The first kappa shape index (κ1) is 14.4. The number of hydrogen-bond donors (Lipinski definition) is 0. The van der Waals surface area contributed by atoms with E-state index in [-0.39, 0.29) is 5.97 Å². The summed E-state index contributed by atoms with van der Waals surface area (Å²) in [5.41, 5.74) is 0. The zero-order valence-electron chi connectivity index (χ0n) is 11.9. The molecule has 0 aromatic rings. The average Bonchev–Trinajstić information content (AvgIpc) is 2.92. The lowest BCUT2D eigenvalue weighted by atomic mass is 9.89. The predicted octanol–water partition coefficient (Wildman–Crippen LogP) is 3.94. The van der Waals surface area contributed by atoms with Crippen LogP contribution in [-0.2, 0) is 9.53 Å². The van der Waals surface area contributed by atoms with Gasteiger partial charge in [-0.3, -0.25) is 0 Å². The second-order valence-electron chi connectivity index (χ2n) is 5.37. The van der Waals surface area contributed by atoms with Crippen LogP contribution in [0.15, 0.2) is 21.0 Å². The van der Waals surface area contributed by atoms with Gasteiger partial charge in [0, 0.05) is 23.4 Å². The Labute approximate surface area is 129 Å². The first-order chi connectivity index (χ1) is 9.79. The average molecular weight is 311 g/mol. The van der Waals surface area contributed by atoms with Crippen LogP contribution in [0.25, 0.3) is 0 Å². The minimum atomic E-state index is -0.150. The van der Waals surface area contributed by atoms with Gasteiger partial charge in [0.2, 0.25) is 0 Å². The van der Waals surface area contributed by atoms with Crippen LogP contribution in [-0.4, -0.2) is 29.8 Å². The van der Waals surface area contributed by atoms with E-state index >= 15 is 0 Å². The van der Waals surface area contributed by atoms with Gasteiger partial charge < -0.3 is 9.64 Å². The van der Waals surface area contributed by atoms with Gasteiger partial charge in [-0.2, -0.15) is 0 Å². The molecular weight excluding hydrogens is 290 g/mol. The number of ether oxygens (including phenoxy) is 1. The Morgan fingerprint density at radius 1 is 1.40 bits per heavy atom. The normalized spacial score (nSPS) is 23.6. The maximum Gasteiger partial charge on any atom is 0.347 e. The third kappa shape index (κ3) is 2.89. The smallest absolute Gasteiger partial charge is 0.347 e. The van der Waals surface area contributed by atoms with Crippen LogP contribution in [0.1, 0.15) is 39.0 Å². The molecule has 0 saturated heterocycles. The number of rotatable bonds is 3. The largest absolute Gasteiger partial charge is 0.462 e. The van der Waals surface area contributed by atoms with Gasteiger partial charge in [0.05, 0.1) is 6.61 Å². The number of carbonyl (C=O) groups is 1. The van der Waals surface area contributed by atoms with E-state index in [1.165, 1.54) is 37.0 Å². The van der Waals surface area contributed by atoms with Gasteiger partial charge in [-0.05, 0) is 25.7 Å². The molecule has 20 heavy (non-hydrogen) atoms. The molecule has 1 aliphatic carbocycles. The lowest BCUT2D eigenvalue weighted by molar-refractivity contribution is -0.137. The molecule has 1 saturated carbocycles. The second-order valence-corrected chi connectivity index (χ2v) is 7.53. The molecule has 3 rings (SSSR count). The Morgan fingerprint density at radius 2 is 2.20 bits per heavy atom. The van der Waals surface area contributed by atoms with Crippen molar-refractivity contribution in [3.63, 3.8) is 0 Å². The highest BCUT2D eigenvalue weighted by Crippen LogP contribution is 2.49. The van der Waals surface area contributed by atoms with Crippen molar-refractivity contribution in [2.75, 3.05) is 18.9 Å². The lowest BCUT2D eigenvalue weighted by Gasteiger charge is -2.24. The van der Waals surface area contributed by atoms with Crippen molar-refractivity contribution >= 4 is 29.5 Å². The molecule has 5 heteroatoms. The minimum Gasteiger partial charge on any atom is -0.462 e. The zero-order valence-corrected chi connectivity index (χ0v) is 13.5. The molecule has 0 bridgehead atoms. The molecule has 0 aromatic heterocycles. The Morgan fingerprint density at radius 3 is 2.95 bits per heavy atom. The fraction of sp³-hybridized carbons (Fsp3) is 0.667. The second kappa shape index (κ2) is 6.48.